The Hall–Kier alpha value is -1.40. The van der Waals surface area contributed by atoms with Gasteiger partial charge < -0.3 is 5.32 Å². The molecule has 1 aromatic carbocycles. The van der Waals surface area contributed by atoms with E-state index in [1.165, 1.54) is 17.1 Å². The molecule has 1 atom stereocenters. The Balaban J connectivity index is 1.83. The number of hydrogen-bond donors (Lipinski definition) is 1. The van der Waals surface area contributed by atoms with Gasteiger partial charge in [0.2, 0.25) is 15.9 Å². The fourth-order valence-electron chi connectivity index (χ4n) is 3.43. The third-order valence-electron chi connectivity index (χ3n) is 5.31. The number of rotatable bonds is 9. The number of amides is 1. The Labute approximate surface area is 158 Å². The molecule has 1 unspecified atom stereocenters. The van der Waals surface area contributed by atoms with Crippen LogP contribution in [-0.2, 0) is 14.8 Å². The van der Waals surface area contributed by atoms with E-state index in [4.69, 9.17) is 0 Å². The van der Waals surface area contributed by atoms with Gasteiger partial charge in [0.1, 0.15) is 0 Å². The fourth-order valence-corrected chi connectivity index (χ4v) is 4.92. The number of hydrogen-bond acceptors (Lipinski definition) is 3. The maximum absolute atomic E-state index is 12.6. The summed E-state index contributed by atoms with van der Waals surface area (Å²) >= 11 is 0. The van der Waals surface area contributed by atoms with E-state index in [1.807, 2.05) is 0 Å². The van der Waals surface area contributed by atoms with E-state index in [0.717, 1.165) is 19.4 Å². The number of carbonyl (C=O) groups is 1. The number of nitrogens with one attached hydrogen (secondary N) is 1. The summed E-state index contributed by atoms with van der Waals surface area (Å²) in [6.45, 7) is 5.89. The molecule has 5 nitrogen and oxygen atoms in total. The van der Waals surface area contributed by atoms with E-state index in [2.05, 4.69) is 19.2 Å². The summed E-state index contributed by atoms with van der Waals surface area (Å²) in [7, 11) is -3.45. The van der Waals surface area contributed by atoms with Gasteiger partial charge in [-0.2, -0.15) is 4.31 Å². The van der Waals surface area contributed by atoms with Crippen molar-refractivity contribution in [3.05, 3.63) is 30.3 Å². The highest BCUT2D eigenvalue weighted by atomic mass is 32.2. The first-order chi connectivity index (χ1) is 12.5. The minimum absolute atomic E-state index is 0.0803. The normalized spacial score (nSPS) is 17.8. The number of nitrogens with zero attached hydrogens (tertiary/aromatic N) is 1. The highest BCUT2D eigenvalue weighted by molar-refractivity contribution is 7.89. The number of carbonyl (C=O) groups excluding carboxylic acids is 1. The van der Waals surface area contributed by atoms with Crippen LogP contribution in [0.3, 0.4) is 0 Å². The van der Waals surface area contributed by atoms with Crippen LogP contribution >= 0.6 is 0 Å². The molecule has 0 saturated carbocycles. The molecule has 2 rings (SSSR count). The summed E-state index contributed by atoms with van der Waals surface area (Å²) in [5, 5.41) is 3.09. The first-order valence-electron chi connectivity index (χ1n) is 9.81. The topological polar surface area (TPSA) is 66.5 Å². The number of benzene rings is 1. The van der Waals surface area contributed by atoms with Gasteiger partial charge in [0.25, 0.3) is 0 Å². The lowest BCUT2D eigenvalue weighted by molar-refractivity contribution is -0.126. The molecule has 1 saturated heterocycles. The molecule has 1 fully saturated rings. The van der Waals surface area contributed by atoms with E-state index in [9.17, 15) is 13.2 Å². The van der Waals surface area contributed by atoms with E-state index < -0.39 is 10.0 Å². The smallest absolute Gasteiger partial charge is 0.243 e. The molecule has 1 aromatic rings. The summed E-state index contributed by atoms with van der Waals surface area (Å²) < 4.78 is 26.8. The molecule has 1 heterocycles. The molecule has 1 aliphatic heterocycles. The molecule has 0 bridgehead atoms. The SMILES string of the molecule is CCCCC(CC)CNC(=O)C1CCN(S(=O)(=O)c2ccccc2)CC1. The maximum Gasteiger partial charge on any atom is 0.243 e. The third kappa shape index (κ3) is 5.55. The molecule has 0 aromatic heterocycles. The second-order valence-electron chi connectivity index (χ2n) is 7.15. The standard InChI is InChI=1S/C20H32N2O3S/c1-3-5-9-17(4-2)16-21-20(23)18-12-14-22(15-13-18)26(24,25)19-10-7-6-8-11-19/h6-8,10-11,17-18H,3-5,9,12-16H2,1-2H3,(H,21,23). The number of sulfonamides is 1. The molecule has 146 valence electrons. The Morgan fingerprint density at radius 2 is 1.85 bits per heavy atom. The zero-order chi connectivity index (χ0) is 19.0. The molecule has 6 heteroatoms. The van der Waals surface area contributed by atoms with Gasteiger partial charge in [-0.1, -0.05) is 51.3 Å². The second kappa shape index (κ2) is 10.1. The first-order valence-corrected chi connectivity index (χ1v) is 11.3. The van der Waals surface area contributed by atoms with Crippen LogP contribution in [0.5, 0.6) is 0 Å². The van der Waals surface area contributed by atoms with Gasteiger partial charge in [0, 0.05) is 25.6 Å². The molecule has 26 heavy (non-hydrogen) atoms. The van der Waals surface area contributed by atoms with Crippen LogP contribution in [0.1, 0.15) is 52.4 Å². The molecule has 0 aliphatic carbocycles. The van der Waals surface area contributed by atoms with Crippen LogP contribution in [0.4, 0.5) is 0 Å². The van der Waals surface area contributed by atoms with Crippen LogP contribution < -0.4 is 5.32 Å². The van der Waals surface area contributed by atoms with Crippen LogP contribution in [0, 0.1) is 11.8 Å². The van der Waals surface area contributed by atoms with E-state index >= 15 is 0 Å². The van der Waals surface area contributed by atoms with E-state index in [1.54, 1.807) is 30.3 Å². The van der Waals surface area contributed by atoms with Gasteiger partial charge in [0.15, 0.2) is 0 Å². The van der Waals surface area contributed by atoms with Crippen LogP contribution in [0.25, 0.3) is 0 Å². The summed E-state index contributed by atoms with van der Waals surface area (Å²) in [6, 6.07) is 8.51. The predicted octanol–water partition coefficient (Wildman–Crippen LogP) is 3.42. The van der Waals surface area contributed by atoms with Gasteiger partial charge >= 0.3 is 0 Å². The van der Waals surface area contributed by atoms with E-state index in [0.29, 0.717) is 36.7 Å². The number of unbranched alkanes of at least 4 members (excludes halogenated alkanes) is 1. The van der Waals surface area contributed by atoms with Crippen molar-refractivity contribution >= 4 is 15.9 Å². The Bertz CT molecular complexity index is 653. The highest BCUT2D eigenvalue weighted by Gasteiger charge is 2.32. The van der Waals surface area contributed by atoms with Crippen molar-refractivity contribution in [2.24, 2.45) is 11.8 Å². The lowest BCUT2D eigenvalue weighted by Gasteiger charge is -2.30. The largest absolute Gasteiger partial charge is 0.356 e. The highest BCUT2D eigenvalue weighted by Crippen LogP contribution is 2.24. The Kier molecular flexibility index (Phi) is 8.10. The van der Waals surface area contributed by atoms with Crippen LogP contribution in [0.2, 0.25) is 0 Å². The summed E-state index contributed by atoms with van der Waals surface area (Å²) in [4.78, 5) is 12.8. The zero-order valence-electron chi connectivity index (χ0n) is 16.0. The van der Waals surface area contributed by atoms with Crippen LogP contribution in [0.15, 0.2) is 35.2 Å². The van der Waals surface area contributed by atoms with Crippen molar-refractivity contribution in [2.75, 3.05) is 19.6 Å². The molecular formula is C20H32N2O3S. The van der Waals surface area contributed by atoms with Gasteiger partial charge in [-0.25, -0.2) is 8.42 Å². The summed E-state index contributed by atoms with van der Waals surface area (Å²) in [6.07, 6.45) is 5.78. The molecular weight excluding hydrogens is 348 g/mol. The quantitative estimate of drug-likeness (QED) is 0.714. The average Bonchev–Trinajstić information content (AvgIpc) is 2.68. The van der Waals surface area contributed by atoms with Gasteiger partial charge in [-0.3, -0.25) is 4.79 Å². The van der Waals surface area contributed by atoms with E-state index in [-0.39, 0.29) is 11.8 Å². The van der Waals surface area contributed by atoms with Gasteiger partial charge in [-0.15, -0.1) is 0 Å². The fraction of sp³-hybridized carbons (Fsp3) is 0.650. The third-order valence-corrected chi connectivity index (χ3v) is 7.23. The van der Waals surface area contributed by atoms with Gasteiger partial charge in [0.05, 0.1) is 4.90 Å². The minimum atomic E-state index is -3.45. The maximum atomic E-state index is 12.6. The second-order valence-corrected chi connectivity index (χ2v) is 9.09. The summed E-state index contributed by atoms with van der Waals surface area (Å²) in [5.41, 5.74) is 0. The van der Waals surface area contributed by atoms with Crippen molar-refractivity contribution in [1.82, 2.24) is 9.62 Å². The zero-order valence-corrected chi connectivity index (χ0v) is 16.8. The predicted molar refractivity (Wildman–Crippen MR) is 104 cm³/mol. The lowest BCUT2D eigenvalue weighted by atomic mass is 9.95. The average molecular weight is 381 g/mol. The molecule has 1 aliphatic rings. The van der Waals surface area contributed by atoms with Crippen molar-refractivity contribution < 1.29 is 13.2 Å². The van der Waals surface area contributed by atoms with Crippen molar-refractivity contribution in [2.45, 2.75) is 57.3 Å². The minimum Gasteiger partial charge on any atom is -0.356 e. The monoisotopic (exact) mass is 380 g/mol. The molecule has 0 spiro atoms. The molecule has 1 amide bonds. The van der Waals surface area contributed by atoms with Crippen molar-refractivity contribution in [3.63, 3.8) is 0 Å². The lowest BCUT2D eigenvalue weighted by Crippen LogP contribution is -2.43. The Morgan fingerprint density at radius 1 is 1.19 bits per heavy atom. The number of piperidine rings is 1. The van der Waals surface area contributed by atoms with Crippen LogP contribution in [-0.4, -0.2) is 38.3 Å². The van der Waals surface area contributed by atoms with Crippen molar-refractivity contribution in [3.8, 4) is 0 Å². The molecule has 0 radical (unpaired) electrons. The van der Waals surface area contributed by atoms with Crippen molar-refractivity contribution in [1.29, 1.82) is 0 Å². The summed E-state index contributed by atoms with van der Waals surface area (Å²) in [5.74, 6) is 0.537. The first kappa shape index (κ1) is 20.9. The van der Waals surface area contributed by atoms with Gasteiger partial charge in [-0.05, 0) is 37.3 Å². The molecule has 1 N–H and O–H groups in total. The Morgan fingerprint density at radius 3 is 2.42 bits per heavy atom.